The van der Waals surface area contributed by atoms with Crippen molar-refractivity contribution in [1.29, 1.82) is 0 Å². The van der Waals surface area contributed by atoms with E-state index in [1.807, 2.05) is 21.6 Å². The third-order valence-electron chi connectivity index (χ3n) is 9.65. The van der Waals surface area contributed by atoms with E-state index in [0.717, 1.165) is 37.7 Å². The zero-order valence-electron chi connectivity index (χ0n) is 32.0. The normalized spacial score (nSPS) is 11.4. The summed E-state index contributed by atoms with van der Waals surface area (Å²) < 4.78 is 4.58. The van der Waals surface area contributed by atoms with E-state index in [4.69, 9.17) is 0 Å². The maximum atomic E-state index is 2.34. The largest absolute Gasteiger partial charge is 0.374 e. The molecule has 0 unspecified atom stereocenters. The average Bonchev–Trinajstić information content (AvgIpc) is 3.20. The molecule has 0 saturated carbocycles. The average molecular weight is 749 g/mol. The van der Waals surface area contributed by atoms with Gasteiger partial charge in [0.2, 0.25) is 0 Å². The van der Waals surface area contributed by atoms with Gasteiger partial charge in [0.25, 0.3) is 0 Å². The second kappa shape index (κ2) is 19.9. The third-order valence-corrected chi connectivity index (χ3v) is 12.0. The van der Waals surface area contributed by atoms with Crippen molar-refractivity contribution >= 4 is 57.3 Å². The Morgan fingerprint density at radius 1 is 0.463 bits per heavy atom. The van der Waals surface area contributed by atoms with Crippen LogP contribution in [0.4, 0.5) is 11.4 Å². The molecule has 274 valence electrons. The minimum absolute atomic E-state index is 0.890. The Bertz CT molecular complexity index is 1960. The smallest absolute Gasteiger partial charge is 0.179 e. The molecule has 6 aromatic rings. The van der Waals surface area contributed by atoms with Gasteiger partial charge in [0.15, 0.2) is 36.9 Å². The quantitative estimate of drug-likeness (QED) is 0.0524. The van der Waals surface area contributed by atoms with Gasteiger partial charge in [0.05, 0.1) is 0 Å². The summed E-state index contributed by atoms with van der Waals surface area (Å²) in [5.41, 5.74) is 12.5. The van der Waals surface area contributed by atoms with E-state index in [1.165, 1.54) is 56.1 Å². The van der Waals surface area contributed by atoms with Crippen LogP contribution < -0.4 is 18.9 Å². The minimum Gasteiger partial charge on any atom is -0.374 e. The number of aryl methyl sites for hydroxylation is 2. The molecule has 0 amide bonds. The second-order valence-corrected chi connectivity index (χ2v) is 16.5. The molecule has 6 rings (SSSR count). The van der Waals surface area contributed by atoms with Crippen LogP contribution in [0.3, 0.4) is 0 Å². The van der Waals surface area contributed by atoms with Crippen LogP contribution in [-0.2, 0) is 13.1 Å². The molecule has 0 fully saturated rings. The number of hydrogen-bond donors (Lipinski definition) is 0. The lowest BCUT2D eigenvalue weighted by molar-refractivity contribution is -0.694. The van der Waals surface area contributed by atoms with Gasteiger partial charge in [-0.3, -0.25) is 0 Å². The zero-order chi connectivity index (χ0) is 37.5. The van der Waals surface area contributed by atoms with Crippen molar-refractivity contribution in [2.75, 3.05) is 48.5 Å². The lowest BCUT2D eigenvalue weighted by Crippen LogP contribution is -2.37. The number of benzene rings is 4. The van der Waals surface area contributed by atoms with Crippen molar-refractivity contribution in [3.63, 3.8) is 0 Å². The number of nitrogens with zero attached hydrogens (tertiary/aromatic N) is 4. The van der Waals surface area contributed by atoms with Crippen LogP contribution in [0.2, 0.25) is 0 Å². The summed E-state index contributed by atoms with van der Waals surface area (Å²) in [5.74, 6) is 2.17. The Kier molecular flexibility index (Phi) is 14.2. The summed E-state index contributed by atoms with van der Waals surface area (Å²) in [4.78, 5) is 4.69. The summed E-state index contributed by atoms with van der Waals surface area (Å²) in [6, 6.07) is 47.8. The molecule has 2 heterocycles. The van der Waals surface area contributed by atoms with Crippen LogP contribution in [-0.4, -0.2) is 38.7 Å². The molecule has 0 aliphatic carbocycles. The van der Waals surface area contributed by atoms with Gasteiger partial charge in [-0.1, -0.05) is 131 Å². The monoisotopic (exact) mass is 748 g/mol. The van der Waals surface area contributed by atoms with Gasteiger partial charge in [0.1, 0.15) is 0 Å². The van der Waals surface area contributed by atoms with Crippen LogP contribution in [0.1, 0.15) is 44.8 Å². The summed E-state index contributed by atoms with van der Waals surface area (Å²) >= 11 is 0. The SMILES string of the molecule is Cc1cc(/C=C/c2ccc(N(C)CCSSCCN(C)c3ccc(/C=C/c4cc[n+](Cc5ccccc5)c(C)c4)cc3)cc2)cc[n+]1Cc1ccccc1. The van der Waals surface area contributed by atoms with Gasteiger partial charge >= 0.3 is 0 Å². The van der Waals surface area contributed by atoms with Gasteiger partial charge in [0, 0.05) is 99.3 Å². The molecule has 0 radical (unpaired) electrons. The van der Waals surface area contributed by atoms with Gasteiger partial charge in [-0.25, -0.2) is 0 Å². The summed E-state index contributed by atoms with van der Waals surface area (Å²) in [5, 5.41) is 0. The maximum Gasteiger partial charge on any atom is 0.179 e. The molecule has 4 aromatic carbocycles. The number of hydrogen-bond acceptors (Lipinski definition) is 4. The highest BCUT2D eigenvalue weighted by molar-refractivity contribution is 8.76. The number of rotatable bonds is 17. The van der Waals surface area contributed by atoms with Gasteiger partial charge < -0.3 is 9.80 Å². The molecule has 54 heavy (non-hydrogen) atoms. The first-order valence-electron chi connectivity index (χ1n) is 18.7. The molecular weight excluding hydrogens is 697 g/mol. The molecule has 6 heteroatoms. The lowest BCUT2D eigenvalue weighted by Gasteiger charge is -2.20. The molecule has 0 saturated heterocycles. The van der Waals surface area contributed by atoms with Crippen molar-refractivity contribution in [3.8, 4) is 0 Å². The fourth-order valence-electron chi connectivity index (χ4n) is 6.24. The highest BCUT2D eigenvalue weighted by Crippen LogP contribution is 2.24. The standard InChI is InChI=1S/C48H52N4S2/c1-39-35-43(27-29-51(39)37-45-11-7-5-8-12-45)17-15-41-19-23-47(24-20-41)49(3)31-33-53-54-34-32-50(4)48-25-21-42(22-26-48)16-18-44-28-30-52(40(2)36-44)38-46-13-9-6-10-14-46/h5-30,35-36H,31-34,37-38H2,1-4H3/q+2. The molecule has 0 spiro atoms. The van der Waals surface area contributed by atoms with E-state index >= 15 is 0 Å². The van der Waals surface area contributed by atoms with Crippen LogP contribution in [0.25, 0.3) is 24.3 Å². The molecule has 0 bridgehead atoms. The van der Waals surface area contributed by atoms with Crippen molar-refractivity contribution in [2.24, 2.45) is 0 Å². The molecule has 0 atom stereocenters. The van der Waals surface area contributed by atoms with Crippen LogP contribution in [0.5, 0.6) is 0 Å². The Balaban J connectivity index is 0.873. The number of pyridine rings is 2. The molecule has 0 aliphatic rings. The van der Waals surface area contributed by atoms with Crippen molar-refractivity contribution in [1.82, 2.24) is 0 Å². The Morgan fingerprint density at radius 3 is 1.20 bits per heavy atom. The van der Waals surface area contributed by atoms with E-state index in [1.54, 1.807) is 0 Å². The van der Waals surface area contributed by atoms with E-state index in [2.05, 4.69) is 217 Å². The second-order valence-electron chi connectivity index (χ2n) is 13.8. The first-order chi connectivity index (χ1) is 26.4. The topological polar surface area (TPSA) is 14.2 Å². The summed E-state index contributed by atoms with van der Waals surface area (Å²) in [6.07, 6.45) is 13.2. The zero-order valence-corrected chi connectivity index (χ0v) is 33.6. The first kappa shape index (κ1) is 38.7. The van der Waals surface area contributed by atoms with E-state index in [9.17, 15) is 0 Å². The predicted molar refractivity (Wildman–Crippen MR) is 236 cm³/mol. The van der Waals surface area contributed by atoms with Gasteiger partial charge in [-0.15, -0.1) is 0 Å². The van der Waals surface area contributed by atoms with Crippen molar-refractivity contribution in [2.45, 2.75) is 26.9 Å². The fraction of sp³-hybridized carbons (Fsp3) is 0.208. The summed E-state index contributed by atoms with van der Waals surface area (Å²) in [6.45, 7) is 8.16. The molecular formula is C48H52N4S2+2. The van der Waals surface area contributed by atoms with Crippen LogP contribution in [0, 0.1) is 13.8 Å². The van der Waals surface area contributed by atoms with E-state index < -0.39 is 0 Å². The molecule has 0 N–H and O–H groups in total. The highest BCUT2D eigenvalue weighted by atomic mass is 33.1. The highest BCUT2D eigenvalue weighted by Gasteiger charge is 2.09. The van der Waals surface area contributed by atoms with E-state index in [-0.39, 0.29) is 0 Å². The van der Waals surface area contributed by atoms with E-state index in [0.29, 0.717) is 0 Å². The number of aromatic nitrogens is 2. The molecule has 0 aliphatic heterocycles. The summed E-state index contributed by atoms with van der Waals surface area (Å²) in [7, 11) is 8.28. The maximum absolute atomic E-state index is 2.34. The van der Waals surface area contributed by atoms with Gasteiger partial charge in [-0.2, -0.15) is 9.13 Å². The van der Waals surface area contributed by atoms with Crippen LogP contribution in [0.15, 0.2) is 146 Å². The van der Waals surface area contributed by atoms with Crippen molar-refractivity contribution < 1.29 is 9.13 Å². The lowest BCUT2D eigenvalue weighted by atomic mass is 10.1. The predicted octanol–water partition coefficient (Wildman–Crippen LogP) is 10.3. The third kappa shape index (κ3) is 11.7. The minimum atomic E-state index is 0.890. The van der Waals surface area contributed by atoms with Crippen LogP contribution >= 0.6 is 21.6 Å². The van der Waals surface area contributed by atoms with Crippen molar-refractivity contribution in [3.05, 3.63) is 191 Å². The Morgan fingerprint density at radius 2 is 0.833 bits per heavy atom. The fourth-order valence-corrected chi connectivity index (χ4v) is 8.33. The molecule has 4 nitrogen and oxygen atoms in total. The first-order valence-corrected chi connectivity index (χ1v) is 21.2. The Labute approximate surface area is 330 Å². The Hall–Kier alpha value is -5.04. The van der Waals surface area contributed by atoms with Gasteiger partial charge in [-0.05, 0) is 46.5 Å². The molecule has 2 aromatic heterocycles. The number of anilines is 2.